The molecule has 2 aromatic carbocycles. The second kappa shape index (κ2) is 6.86. The van der Waals surface area contributed by atoms with Gasteiger partial charge >= 0.3 is 0 Å². The second-order valence-electron chi connectivity index (χ2n) is 6.15. The van der Waals surface area contributed by atoms with E-state index in [-0.39, 0.29) is 18.4 Å². The van der Waals surface area contributed by atoms with E-state index in [1.165, 1.54) is 12.4 Å². The zero-order valence-corrected chi connectivity index (χ0v) is 14.2. The van der Waals surface area contributed by atoms with E-state index in [0.717, 1.165) is 0 Å². The van der Waals surface area contributed by atoms with Crippen LogP contribution in [0.2, 0.25) is 0 Å². The molecule has 4 rings (SSSR count). The van der Waals surface area contributed by atoms with Crippen LogP contribution in [0, 0.1) is 5.82 Å². The van der Waals surface area contributed by atoms with Crippen LogP contribution in [-0.4, -0.2) is 27.5 Å². The molecule has 1 fully saturated rings. The van der Waals surface area contributed by atoms with Crippen molar-refractivity contribution in [1.29, 1.82) is 0 Å². The number of ether oxygens (including phenoxy) is 3. The maximum atomic E-state index is 14.7. The van der Waals surface area contributed by atoms with Crippen LogP contribution in [0.4, 0.5) is 4.39 Å². The zero-order chi connectivity index (χ0) is 18.0. The minimum absolute atomic E-state index is 0.109. The molecule has 2 unspecified atom stereocenters. The standard InChI is InChI=1S/C19H18FN3O3/c1-14-10-24-19(26-14,11-23-13-21-12-22-23)15-7-8-18(17(20)9-15)25-16-5-3-2-4-6-16/h2-9,12-14H,10-11H2,1H3. The molecule has 0 bridgehead atoms. The van der Waals surface area contributed by atoms with E-state index in [2.05, 4.69) is 10.1 Å². The molecule has 7 heteroatoms. The smallest absolute Gasteiger partial charge is 0.215 e. The Morgan fingerprint density at radius 2 is 2.12 bits per heavy atom. The van der Waals surface area contributed by atoms with Gasteiger partial charge < -0.3 is 14.2 Å². The third-order valence-corrected chi connectivity index (χ3v) is 4.12. The molecule has 26 heavy (non-hydrogen) atoms. The Balaban J connectivity index is 1.63. The molecule has 0 spiro atoms. The van der Waals surface area contributed by atoms with E-state index >= 15 is 0 Å². The van der Waals surface area contributed by atoms with Gasteiger partial charge in [-0.2, -0.15) is 5.10 Å². The molecule has 0 aliphatic carbocycles. The van der Waals surface area contributed by atoms with Crippen LogP contribution in [-0.2, 0) is 21.8 Å². The normalized spacial score (nSPS) is 22.5. The van der Waals surface area contributed by atoms with E-state index in [9.17, 15) is 4.39 Å². The molecule has 1 saturated heterocycles. The molecule has 134 valence electrons. The van der Waals surface area contributed by atoms with Crippen molar-refractivity contribution in [3.63, 3.8) is 0 Å². The Bertz CT molecular complexity index is 873. The van der Waals surface area contributed by atoms with E-state index < -0.39 is 11.6 Å². The summed E-state index contributed by atoms with van der Waals surface area (Å²) in [6.07, 6.45) is 2.89. The summed E-state index contributed by atoms with van der Waals surface area (Å²) in [6.45, 7) is 2.60. The Morgan fingerprint density at radius 1 is 1.27 bits per heavy atom. The van der Waals surface area contributed by atoms with Crippen molar-refractivity contribution in [2.45, 2.75) is 25.4 Å². The number of para-hydroxylation sites is 1. The van der Waals surface area contributed by atoms with Gasteiger partial charge in [0.1, 0.15) is 24.9 Å². The minimum atomic E-state index is -1.11. The number of hydrogen-bond donors (Lipinski definition) is 0. The first-order chi connectivity index (χ1) is 12.6. The maximum Gasteiger partial charge on any atom is 0.215 e. The first-order valence-corrected chi connectivity index (χ1v) is 8.32. The maximum absolute atomic E-state index is 14.7. The SMILES string of the molecule is CC1COC(Cn2cncn2)(c2ccc(Oc3ccccc3)c(F)c2)O1. The molecule has 0 saturated carbocycles. The van der Waals surface area contributed by atoms with Crippen LogP contribution in [0.3, 0.4) is 0 Å². The molecule has 1 aromatic heterocycles. The van der Waals surface area contributed by atoms with Gasteiger partial charge in [0, 0.05) is 5.56 Å². The third kappa shape index (κ3) is 3.31. The number of hydrogen-bond acceptors (Lipinski definition) is 5. The summed E-state index contributed by atoms with van der Waals surface area (Å²) < 4.78 is 33.8. The van der Waals surface area contributed by atoms with Crippen LogP contribution in [0.15, 0.2) is 61.2 Å². The average molecular weight is 355 g/mol. The van der Waals surface area contributed by atoms with Crippen LogP contribution < -0.4 is 4.74 Å². The molecular weight excluding hydrogens is 337 g/mol. The summed E-state index contributed by atoms with van der Waals surface area (Å²) >= 11 is 0. The molecule has 1 aliphatic heterocycles. The predicted molar refractivity (Wildman–Crippen MR) is 91.1 cm³/mol. The van der Waals surface area contributed by atoms with Crippen molar-refractivity contribution < 1.29 is 18.6 Å². The highest BCUT2D eigenvalue weighted by Crippen LogP contribution is 2.38. The van der Waals surface area contributed by atoms with Gasteiger partial charge in [-0.1, -0.05) is 18.2 Å². The summed E-state index contributed by atoms with van der Waals surface area (Å²) in [4.78, 5) is 3.93. The Hall–Kier alpha value is -2.77. The van der Waals surface area contributed by atoms with Crippen molar-refractivity contribution in [2.75, 3.05) is 6.61 Å². The molecule has 1 aliphatic rings. The van der Waals surface area contributed by atoms with Gasteiger partial charge in [0.15, 0.2) is 11.6 Å². The number of aromatic nitrogens is 3. The Kier molecular flexibility index (Phi) is 4.40. The summed E-state index contributed by atoms with van der Waals surface area (Å²) in [5.74, 6) is -0.893. The summed E-state index contributed by atoms with van der Waals surface area (Å²) in [5.41, 5.74) is 0.565. The Labute approximate surface area is 150 Å². The van der Waals surface area contributed by atoms with Crippen LogP contribution in [0.25, 0.3) is 0 Å². The molecule has 0 radical (unpaired) electrons. The van der Waals surface area contributed by atoms with E-state index in [4.69, 9.17) is 14.2 Å². The van der Waals surface area contributed by atoms with Gasteiger partial charge in [-0.05, 0) is 37.3 Å². The quantitative estimate of drug-likeness (QED) is 0.701. The second-order valence-corrected chi connectivity index (χ2v) is 6.15. The fourth-order valence-corrected chi connectivity index (χ4v) is 2.93. The van der Waals surface area contributed by atoms with E-state index in [0.29, 0.717) is 17.9 Å². The molecule has 2 atom stereocenters. The number of benzene rings is 2. The summed E-state index contributed by atoms with van der Waals surface area (Å²) in [5, 5.41) is 4.10. The minimum Gasteiger partial charge on any atom is -0.454 e. The van der Waals surface area contributed by atoms with Gasteiger partial charge in [-0.25, -0.2) is 14.1 Å². The van der Waals surface area contributed by atoms with Gasteiger partial charge in [-0.3, -0.25) is 0 Å². The third-order valence-electron chi connectivity index (χ3n) is 4.12. The van der Waals surface area contributed by atoms with Crippen LogP contribution in [0.1, 0.15) is 12.5 Å². The van der Waals surface area contributed by atoms with Crippen LogP contribution in [0.5, 0.6) is 11.5 Å². The largest absolute Gasteiger partial charge is 0.454 e. The highest BCUT2D eigenvalue weighted by molar-refractivity contribution is 5.36. The van der Waals surface area contributed by atoms with Gasteiger partial charge in [0.05, 0.1) is 12.7 Å². The zero-order valence-electron chi connectivity index (χ0n) is 14.2. The summed E-state index contributed by atoms with van der Waals surface area (Å²) in [7, 11) is 0. The molecule has 2 heterocycles. The van der Waals surface area contributed by atoms with Crippen molar-refractivity contribution in [3.8, 4) is 11.5 Å². The van der Waals surface area contributed by atoms with E-state index in [1.807, 2.05) is 25.1 Å². The first-order valence-electron chi connectivity index (χ1n) is 8.32. The van der Waals surface area contributed by atoms with Crippen molar-refractivity contribution in [1.82, 2.24) is 14.8 Å². The van der Waals surface area contributed by atoms with Gasteiger partial charge in [-0.15, -0.1) is 0 Å². The molecule has 0 amide bonds. The van der Waals surface area contributed by atoms with Crippen LogP contribution >= 0.6 is 0 Å². The monoisotopic (exact) mass is 355 g/mol. The molecular formula is C19H18FN3O3. The van der Waals surface area contributed by atoms with Gasteiger partial charge in [0.2, 0.25) is 5.79 Å². The first kappa shape index (κ1) is 16.7. The Morgan fingerprint density at radius 3 is 2.77 bits per heavy atom. The van der Waals surface area contributed by atoms with Crippen molar-refractivity contribution >= 4 is 0 Å². The fourth-order valence-electron chi connectivity index (χ4n) is 2.93. The summed E-state index contributed by atoms with van der Waals surface area (Å²) in [6, 6.07) is 13.8. The lowest BCUT2D eigenvalue weighted by Crippen LogP contribution is -2.33. The molecule has 0 N–H and O–H groups in total. The van der Waals surface area contributed by atoms with Gasteiger partial charge in [0.25, 0.3) is 0 Å². The molecule has 6 nitrogen and oxygen atoms in total. The van der Waals surface area contributed by atoms with Crippen molar-refractivity contribution in [3.05, 3.63) is 72.6 Å². The lowest BCUT2D eigenvalue weighted by Gasteiger charge is -2.28. The highest BCUT2D eigenvalue weighted by Gasteiger charge is 2.43. The number of halogens is 1. The van der Waals surface area contributed by atoms with E-state index in [1.54, 1.807) is 35.3 Å². The highest BCUT2D eigenvalue weighted by atomic mass is 19.1. The average Bonchev–Trinajstić information content (AvgIpc) is 3.28. The van der Waals surface area contributed by atoms with Crippen molar-refractivity contribution in [2.24, 2.45) is 0 Å². The number of nitrogens with zero attached hydrogens (tertiary/aromatic N) is 3. The topological polar surface area (TPSA) is 58.4 Å². The lowest BCUT2D eigenvalue weighted by molar-refractivity contribution is -0.187. The number of rotatable bonds is 5. The molecule has 3 aromatic rings. The fraction of sp³-hybridized carbons (Fsp3) is 0.263. The predicted octanol–water partition coefficient (Wildman–Crippen LogP) is 3.50. The lowest BCUT2D eigenvalue weighted by atomic mass is 10.1.